The lowest BCUT2D eigenvalue weighted by Crippen LogP contribution is -2.27. The van der Waals surface area contributed by atoms with Gasteiger partial charge in [-0.15, -0.1) is 0 Å². The molecule has 1 aromatic carbocycles. The smallest absolute Gasteiger partial charge is 0.338 e. The molecule has 0 aliphatic heterocycles. The van der Waals surface area contributed by atoms with Crippen molar-refractivity contribution in [3.8, 4) is 0 Å². The first kappa shape index (κ1) is 14.8. The van der Waals surface area contributed by atoms with E-state index in [0.717, 1.165) is 12.8 Å². The normalized spacial score (nSPS) is 13.5. The standard InChI is InChI=1S/C13H15N3O5/c17-11(15-8-4-5-8)6-7-14-12-9(13(18)19)2-1-3-10(12)16(20)21/h1-3,8,14H,4-7H2,(H,15,17)(H,18,19). The van der Waals surface area contributed by atoms with Gasteiger partial charge >= 0.3 is 5.97 Å². The summed E-state index contributed by atoms with van der Waals surface area (Å²) < 4.78 is 0. The number of hydrogen-bond donors (Lipinski definition) is 3. The molecule has 8 nitrogen and oxygen atoms in total. The van der Waals surface area contributed by atoms with Gasteiger partial charge in [-0.2, -0.15) is 0 Å². The van der Waals surface area contributed by atoms with Crippen LogP contribution in [0.5, 0.6) is 0 Å². The number of carbonyl (C=O) groups excluding carboxylic acids is 1. The van der Waals surface area contributed by atoms with Crippen LogP contribution in [0.15, 0.2) is 18.2 Å². The van der Waals surface area contributed by atoms with Gasteiger partial charge in [-0.05, 0) is 18.9 Å². The zero-order valence-corrected chi connectivity index (χ0v) is 11.2. The Labute approximate surface area is 120 Å². The molecular weight excluding hydrogens is 278 g/mol. The lowest BCUT2D eigenvalue weighted by molar-refractivity contribution is -0.384. The molecule has 0 saturated heterocycles. The van der Waals surface area contributed by atoms with Crippen LogP contribution in [0.25, 0.3) is 0 Å². The molecule has 1 aliphatic carbocycles. The van der Waals surface area contributed by atoms with Gasteiger partial charge in [-0.1, -0.05) is 6.07 Å². The maximum Gasteiger partial charge on any atom is 0.338 e. The summed E-state index contributed by atoms with van der Waals surface area (Å²) in [4.78, 5) is 32.9. The number of carboxylic acids is 1. The van der Waals surface area contributed by atoms with Gasteiger partial charge in [-0.3, -0.25) is 14.9 Å². The van der Waals surface area contributed by atoms with Crippen LogP contribution in [0.2, 0.25) is 0 Å². The molecule has 1 aliphatic rings. The molecule has 1 fully saturated rings. The van der Waals surface area contributed by atoms with Gasteiger partial charge in [0.25, 0.3) is 5.69 Å². The Kier molecular flexibility index (Phi) is 4.36. The first-order chi connectivity index (χ1) is 9.99. The monoisotopic (exact) mass is 293 g/mol. The third kappa shape index (κ3) is 3.91. The fraction of sp³-hybridized carbons (Fsp3) is 0.385. The van der Waals surface area contributed by atoms with Crippen molar-refractivity contribution in [1.82, 2.24) is 5.32 Å². The Morgan fingerprint density at radius 3 is 2.67 bits per heavy atom. The third-order valence-corrected chi connectivity index (χ3v) is 3.07. The number of anilines is 1. The van der Waals surface area contributed by atoms with Gasteiger partial charge in [0.15, 0.2) is 0 Å². The maximum atomic E-state index is 11.5. The number of carboxylic acid groups (broad SMARTS) is 1. The average molecular weight is 293 g/mol. The Morgan fingerprint density at radius 1 is 1.38 bits per heavy atom. The maximum absolute atomic E-state index is 11.5. The summed E-state index contributed by atoms with van der Waals surface area (Å²) in [5.74, 6) is -1.41. The molecule has 112 valence electrons. The average Bonchev–Trinajstić information content (AvgIpc) is 3.22. The highest BCUT2D eigenvalue weighted by Gasteiger charge is 2.24. The first-order valence-electron chi connectivity index (χ1n) is 6.53. The van der Waals surface area contributed by atoms with E-state index >= 15 is 0 Å². The number of aromatic carboxylic acids is 1. The van der Waals surface area contributed by atoms with E-state index in [1.54, 1.807) is 0 Å². The number of rotatable bonds is 7. The number of para-hydroxylation sites is 1. The summed E-state index contributed by atoms with van der Waals surface area (Å²) in [7, 11) is 0. The van der Waals surface area contributed by atoms with E-state index in [1.807, 2.05) is 0 Å². The minimum Gasteiger partial charge on any atom is -0.478 e. The molecule has 0 heterocycles. The van der Waals surface area contributed by atoms with Gasteiger partial charge in [0, 0.05) is 25.1 Å². The van der Waals surface area contributed by atoms with E-state index in [1.165, 1.54) is 18.2 Å². The highest BCUT2D eigenvalue weighted by Crippen LogP contribution is 2.28. The van der Waals surface area contributed by atoms with Crippen LogP contribution in [0.3, 0.4) is 0 Å². The summed E-state index contributed by atoms with van der Waals surface area (Å²) in [5, 5.41) is 25.5. The quantitative estimate of drug-likeness (QED) is 0.515. The molecule has 1 amide bonds. The lowest BCUT2D eigenvalue weighted by Gasteiger charge is -2.10. The summed E-state index contributed by atoms with van der Waals surface area (Å²) in [6.07, 6.45) is 2.08. The molecule has 1 aromatic rings. The van der Waals surface area contributed by atoms with Crippen LogP contribution in [0, 0.1) is 10.1 Å². The minimum absolute atomic E-state index is 0.0748. The predicted octanol–water partition coefficient (Wildman–Crippen LogP) is 1.37. The third-order valence-electron chi connectivity index (χ3n) is 3.07. The van der Waals surface area contributed by atoms with Gasteiger partial charge in [0.2, 0.25) is 5.91 Å². The molecule has 2 rings (SSSR count). The fourth-order valence-corrected chi connectivity index (χ4v) is 1.88. The van der Waals surface area contributed by atoms with Gasteiger partial charge in [-0.25, -0.2) is 4.79 Å². The van der Waals surface area contributed by atoms with Crippen molar-refractivity contribution in [3.63, 3.8) is 0 Å². The fourth-order valence-electron chi connectivity index (χ4n) is 1.88. The van der Waals surface area contributed by atoms with Crippen molar-refractivity contribution in [2.24, 2.45) is 0 Å². The Balaban J connectivity index is 2.04. The highest BCUT2D eigenvalue weighted by molar-refractivity contribution is 5.96. The molecule has 3 N–H and O–H groups in total. The number of hydrogen-bond acceptors (Lipinski definition) is 5. The zero-order valence-electron chi connectivity index (χ0n) is 11.2. The van der Waals surface area contributed by atoms with Crippen LogP contribution >= 0.6 is 0 Å². The number of nitrogens with zero attached hydrogens (tertiary/aromatic N) is 1. The molecule has 1 saturated carbocycles. The Bertz CT molecular complexity index is 551. The molecule has 0 spiro atoms. The predicted molar refractivity (Wildman–Crippen MR) is 74.3 cm³/mol. The van der Waals surface area contributed by atoms with Crippen LogP contribution < -0.4 is 10.6 Å². The summed E-state index contributed by atoms with van der Waals surface area (Å²) in [6, 6.07) is 4.06. The largest absolute Gasteiger partial charge is 0.478 e. The SMILES string of the molecule is O=C(CCNc1c(C(=O)O)cccc1[N+](=O)[O-])NC1CC1. The second kappa shape index (κ2) is 6.21. The summed E-state index contributed by atoms with van der Waals surface area (Å²) in [6.45, 7) is 0.129. The van der Waals surface area contributed by atoms with E-state index in [2.05, 4.69) is 10.6 Å². The Morgan fingerprint density at radius 2 is 2.10 bits per heavy atom. The molecule has 21 heavy (non-hydrogen) atoms. The van der Waals surface area contributed by atoms with E-state index in [0.29, 0.717) is 0 Å². The van der Waals surface area contributed by atoms with Crippen molar-refractivity contribution in [2.75, 3.05) is 11.9 Å². The number of nitro benzene ring substituents is 1. The van der Waals surface area contributed by atoms with Crippen molar-refractivity contribution in [1.29, 1.82) is 0 Å². The second-order valence-electron chi connectivity index (χ2n) is 4.78. The number of amides is 1. The van der Waals surface area contributed by atoms with Crippen molar-refractivity contribution in [3.05, 3.63) is 33.9 Å². The number of nitro groups is 1. The number of benzene rings is 1. The Hall–Kier alpha value is -2.64. The molecule has 0 radical (unpaired) electrons. The number of nitrogens with one attached hydrogen (secondary N) is 2. The summed E-state index contributed by atoms with van der Waals surface area (Å²) in [5.41, 5.74) is -0.585. The lowest BCUT2D eigenvalue weighted by atomic mass is 10.1. The molecule has 0 bridgehead atoms. The minimum atomic E-state index is -1.26. The topological polar surface area (TPSA) is 122 Å². The van der Waals surface area contributed by atoms with Gasteiger partial charge in [0.05, 0.1) is 10.5 Å². The van der Waals surface area contributed by atoms with Crippen LogP contribution in [-0.4, -0.2) is 34.5 Å². The molecular formula is C13H15N3O5. The first-order valence-corrected chi connectivity index (χ1v) is 6.53. The van der Waals surface area contributed by atoms with Crippen molar-refractivity contribution in [2.45, 2.75) is 25.3 Å². The second-order valence-corrected chi connectivity index (χ2v) is 4.78. The van der Waals surface area contributed by atoms with Crippen molar-refractivity contribution >= 4 is 23.3 Å². The van der Waals surface area contributed by atoms with Gasteiger partial charge in [0.1, 0.15) is 5.69 Å². The highest BCUT2D eigenvalue weighted by atomic mass is 16.6. The molecule has 8 heteroatoms. The zero-order chi connectivity index (χ0) is 15.4. The molecule has 0 aromatic heterocycles. The molecule has 0 atom stereocenters. The van der Waals surface area contributed by atoms with Gasteiger partial charge < -0.3 is 15.7 Å². The molecule has 0 unspecified atom stereocenters. The van der Waals surface area contributed by atoms with Crippen LogP contribution in [0.1, 0.15) is 29.6 Å². The van der Waals surface area contributed by atoms with Crippen LogP contribution in [0.4, 0.5) is 11.4 Å². The van der Waals surface area contributed by atoms with E-state index in [4.69, 9.17) is 5.11 Å². The van der Waals surface area contributed by atoms with E-state index in [9.17, 15) is 19.7 Å². The number of carbonyl (C=O) groups is 2. The van der Waals surface area contributed by atoms with Crippen LogP contribution in [-0.2, 0) is 4.79 Å². The van der Waals surface area contributed by atoms with E-state index in [-0.39, 0.29) is 41.9 Å². The van der Waals surface area contributed by atoms with Crippen molar-refractivity contribution < 1.29 is 19.6 Å². The van der Waals surface area contributed by atoms with E-state index < -0.39 is 10.9 Å². The summed E-state index contributed by atoms with van der Waals surface area (Å²) >= 11 is 0.